The molecule has 4 nitrogen and oxygen atoms in total. The van der Waals surface area contributed by atoms with Gasteiger partial charge in [0.05, 0.1) is 18.2 Å². The summed E-state index contributed by atoms with van der Waals surface area (Å²) in [5.41, 5.74) is 6.54. The van der Waals surface area contributed by atoms with Crippen molar-refractivity contribution in [2.24, 2.45) is 0 Å². The lowest BCUT2D eigenvalue weighted by Gasteiger charge is -2.11. The molecule has 1 atom stereocenters. The van der Waals surface area contributed by atoms with Crippen molar-refractivity contribution in [3.8, 4) is 5.75 Å². The van der Waals surface area contributed by atoms with Crippen LogP contribution in [0.4, 0.5) is 5.69 Å². The van der Waals surface area contributed by atoms with E-state index in [1.807, 2.05) is 0 Å². The first-order valence-electron chi connectivity index (χ1n) is 4.81. The van der Waals surface area contributed by atoms with Gasteiger partial charge in [-0.3, -0.25) is 4.79 Å². The Morgan fingerprint density at radius 3 is 2.80 bits per heavy atom. The van der Waals surface area contributed by atoms with Crippen molar-refractivity contribution in [2.45, 2.75) is 19.8 Å². The largest absolute Gasteiger partial charge is 0.506 e. The van der Waals surface area contributed by atoms with Crippen LogP contribution < -0.4 is 5.73 Å². The molecule has 1 aromatic rings. The molecule has 1 aromatic carbocycles. The fourth-order valence-corrected chi connectivity index (χ4v) is 1.25. The highest BCUT2D eigenvalue weighted by Gasteiger charge is 2.16. The van der Waals surface area contributed by atoms with E-state index in [4.69, 9.17) is 10.5 Å². The number of aromatic hydroxyl groups is 1. The lowest BCUT2D eigenvalue weighted by Crippen LogP contribution is -2.13. The molecule has 0 aliphatic heterocycles. The van der Waals surface area contributed by atoms with Crippen molar-refractivity contribution in [1.82, 2.24) is 0 Å². The summed E-state index contributed by atoms with van der Waals surface area (Å²) in [6.07, 6.45) is 0. The Kier molecular flexibility index (Phi) is 3.55. The molecule has 82 valence electrons. The van der Waals surface area contributed by atoms with Crippen LogP contribution in [0.3, 0.4) is 0 Å². The molecule has 0 saturated carbocycles. The number of esters is 1. The Labute approximate surface area is 88.7 Å². The number of nitrogen functional groups attached to an aromatic ring is 1. The Hall–Kier alpha value is -1.71. The van der Waals surface area contributed by atoms with Crippen LogP contribution in [-0.4, -0.2) is 17.7 Å². The van der Waals surface area contributed by atoms with Gasteiger partial charge in [-0.05, 0) is 31.5 Å². The fourth-order valence-electron chi connectivity index (χ4n) is 1.25. The number of phenolic OH excluding ortho intramolecular Hbond substituents is 1. The van der Waals surface area contributed by atoms with E-state index >= 15 is 0 Å². The van der Waals surface area contributed by atoms with Crippen LogP contribution in [0.2, 0.25) is 0 Å². The molecule has 4 heteroatoms. The third-order valence-electron chi connectivity index (χ3n) is 2.19. The smallest absolute Gasteiger partial charge is 0.313 e. The zero-order chi connectivity index (χ0) is 11.4. The maximum Gasteiger partial charge on any atom is 0.313 e. The third kappa shape index (κ3) is 2.62. The molecule has 0 saturated heterocycles. The molecule has 15 heavy (non-hydrogen) atoms. The van der Waals surface area contributed by atoms with Crippen molar-refractivity contribution < 1.29 is 14.6 Å². The average Bonchev–Trinajstić information content (AvgIpc) is 2.21. The van der Waals surface area contributed by atoms with Gasteiger partial charge in [0, 0.05) is 0 Å². The topological polar surface area (TPSA) is 72.5 Å². The Bertz CT molecular complexity index is 363. The van der Waals surface area contributed by atoms with Crippen molar-refractivity contribution in [3.05, 3.63) is 23.8 Å². The minimum absolute atomic E-state index is 0.0230. The van der Waals surface area contributed by atoms with E-state index in [0.29, 0.717) is 6.61 Å². The zero-order valence-electron chi connectivity index (χ0n) is 8.86. The number of carbonyl (C=O) groups excluding carboxylic acids is 1. The van der Waals surface area contributed by atoms with Gasteiger partial charge in [0.1, 0.15) is 5.75 Å². The number of carbonyl (C=O) groups is 1. The van der Waals surface area contributed by atoms with Gasteiger partial charge in [-0.25, -0.2) is 0 Å². The lowest BCUT2D eigenvalue weighted by molar-refractivity contribution is -0.144. The van der Waals surface area contributed by atoms with E-state index in [-0.39, 0.29) is 23.3 Å². The van der Waals surface area contributed by atoms with E-state index in [9.17, 15) is 9.90 Å². The second-order valence-corrected chi connectivity index (χ2v) is 3.29. The molecule has 0 bridgehead atoms. The molecule has 0 aromatic heterocycles. The summed E-state index contributed by atoms with van der Waals surface area (Å²) < 4.78 is 4.89. The van der Waals surface area contributed by atoms with Crippen LogP contribution in [0.1, 0.15) is 25.3 Å². The van der Waals surface area contributed by atoms with Crippen molar-refractivity contribution in [1.29, 1.82) is 0 Å². The highest BCUT2D eigenvalue weighted by molar-refractivity contribution is 5.78. The molecule has 0 aliphatic rings. The number of ether oxygens (including phenoxy) is 1. The normalized spacial score (nSPS) is 12.1. The van der Waals surface area contributed by atoms with E-state index in [0.717, 1.165) is 5.56 Å². The summed E-state index contributed by atoms with van der Waals surface area (Å²) in [6.45, 7) is 3.86. The molecule has 0 fully saturated rings. The van der Waals surface area contributed by atoms with Crippen LogP contribution in [0.15, 0.2) is 18.2 Å². The highest BCUT2D eigenvalue weighted by atomic mass is 16.5. The van der Waals surface area contributed by atoms with E-state index in [1.165, 1.54) is 6.07 Å². The van der Waals surface area contributed by atoms with Crippen LogP contribution in [-0.2, 0) is 9.53 Å². The molecule has 0 amide bonds. The summed E-state index contributed by atoms with van der Waals surface area (Å²) in [4.78, 5) is 11.4. The van der Waals surface area contributed by atoms with Crippen molar-refractivity contribution in [2.75, 3.05) is 12.3 Å². The van der Waals surface area contributed by atoms with E-state index in [2.05, 4.69) is 0 Å². The standard InChI is InChI=1S/C11H15NO3/c1-3-15-11(14)7(2)8-4-5-10(13)9(12)6-8/h4-7,13H,3,12H2,1-2H3. The second-order valence-electron chi connectivity index (χ2n) is 3.29. The van der Waals surface area contributed by atoms with Gasteiger partial charge in [-0.15, -0.1) is 0 Å². The Balaban J connectivity index is 2.86. The maximum absolute atomic E-state index is 11.4. The first-order valence-corrected chi connectivity index (χ1v) is 4.81. The number of hydrogen-bond donors (Lipinski definition) is 2. The van der Waals surface area contributed by atoms with Gasteiger partial charge in [-0.2, -0.15) is 0 Å². The average molecular weight is 209 g/mol. The zero-order valence-corrected chi connectivity index (χ0v) is 8.86. The summed E-state index contributed by atoms with van der Waals surface area (Å²) in [7, 11) is 0. The summed E-state index contributed by atoms with van der Waals surface area (Å²) in [5, 5.41) is 9.23. The second kappa shape index (κ2) is 4.68. The van der Waals surface area contributed by atoms with Gasteiger partial charge >= 0.3 is 5.97 Å². The minimum atomic E-state index is -0.368. The fraction of sp³-hybridized carbons (Fsp3) is 0.364. The van der Waals surface area contributed by atoms with Gasteiger partial charge < -0.3 is 15.6 Å². The summed E-state index contributed by atoms with van der Waals surface area (Å²) in [6, 6.07) is 4.71. The predicted octanol–water partition coefficient (Wildman–Crippen LogP) is 1.64. The third-order valence-corrected chi connectivity index (χ3v) is 2.19. The van der Waals surface area contributed by atoms with Gasteiger partial charge in [-0.1, -0.05) is 6.07 Å². The monoisotopic (exact) mass is 209 g/mol. The predicted molar refractivity (Wildman–Crippen MR) is 57.6 cm³/mol. The number of nitrogens with two attached hydrogens (primary N) is 1. The Morgan fingerprint density at radius 1 is 1.60 bits per heavy atom. The number of phenols is 1. The van der Waals surface area contributed by atoms with Gasteiger partial charge in [0.15, 0.2) is 0 Å². The number of hydrogen-bond acceptors (Lipinski definition) is 4. The number of anilines is 1. The summed E-state index contributed by atoms with van der Waals surface area (Å²) in [5.74, 6) is -0.634. The molecule has 0 heterocycles. The van der Waals surface area contributed by atoms with E-state index in [1.54, 1.807) is 26.0 Å². The molecule has 3 N–H and O–H groups in total. The highest BCUT2D eigenvalue weighted by Crippen LogP contribution is 2.25. The molecule has 0 aliphatic carbocycles. The SMILES string of the molecule is CCOC(=O)C(C)c1ccc(O)c(N)c1. The Morgan fingerprint density at radius 2 is 2.27 bits per heavy atom. The lowest BCUT2D eigenvalue weighted by atomic mass is 10.0. The summed E-state index contributed by atoms with van der Waals surface area (Å²) >= 11 is 0. The minimum Gasteiger partial charge on any atom is -0.506 e. The number of benzene rings is 1. The molecule has 1 unspecified atom stereocenters. The van der Waals surface area contributed by atoms with Crippen LogP contribution >= 0.6 is 0 Å². The van der Waals surface area contributed by atoms with Gasteiger partial charge in [0.25, 0.3) is 0 Å². The molecular formula is C11H15NO3. The number of rotatable bonds is 3. The van der Waals surface area contributed by atoms with Gasteiger partial charge in [0.2, 0.25) is 0 Å². The first-order chi connectivity index (χ1) is 7.06. The molecule has 1 rings (SSSR count). The molecule has 0 spiro atoms. The first kappa shape index (κ1) is 11.4. The maximum atomic E-state index is 11.4. The van der Waals surface area contributed by atoms with Crippen LogP contribution in [0.25, 0.3) is 0 Å². The van der Waals surface area contributed by atoms with E-state index < -0.39 is 0 Å². The van der Waals surface area contributed by atoms with Crippen LogP contribution in [0.5, 0.6) is 5.75 Å². The molecular weight excluding hydrogens is 194 g/mol. The van der Waals surface area contributed by atoms with Crippen LogP contribution in [0, 0.1) is 0 Å². The van der Waals surface area contributed by atoms with Crippen molar-refractivity contribution in [3.63, 3.8) is 0 Å². The quantitative estimate of drug-likeness (QED) is 0.451. The molecule has 0 radical (unpaired) electrons. The van der Waals surface area contributed by atoms with Crippen molar-refractivity contribution >= 4 is 11.7 Å².